The molecule has 0 bridgehead atoms. The Hall–Kier alpha value is -0.230. The van der Waals surface area contributed by atoms with E-state index < -0.39 is 6.10 Å². The average Bonchev–Trinajstić information content (AvgIpc) is 2.59. The van der Waals surface area contributed by atoms with Gasteiger partial charge in [-0.25, -0.2) is 0 Å². The second kappa shape index (κ2) is 4.96. The van der Waals surface area contributed by atoms with Gasteiger partial charge in [-0.3, -0.25) is 4.98 Å². The van der Waals surface area contributed by atoms with Crippen LogP contribution in [-0.2, 0) is 0 Å². The highest BCUT2D eigenvalue weighted by atomic mass is 79.9. The molecule has 2 aromatic heterocycles. The zero-order chi connectivity index (χ0) is 11.7. The van der Waals surface area contributed by atoms with E-state index in [1.807, 2.05) is 19.1 Å². The molecule has 5 heteroatoms. The van der Waals surface area contributed by atoms with Gasteiger partial charge in [-0.15, -0.1) is 11.3 Å². The lowest BCUT2D eigenvalue weighted by atomic mass is 10.1. The first-order valence-corrected chi connectivity index (χ1v) is 7.03. The van der Waals surface area contributed by atoms with E-state index in [0.717, 1.165) is 24.3 Å². The molecule has 2 rings (SSSR count). The Bertz CT molecular complexity index is 493. The molecule has 1 unspecified atom stereocenters. The van der Waals surface area contributed by atoms with E-state index in [9.17, 15) is 5.11 Å². The molecule has 0 aliphatic carbocycles. The first-order valence-electron chi connectivity index (χ1n) is 4.63. The Balaban J connectivity index is 2.39. The number of aliphatic hydroxyl groups excluding tert-OH is 1. The van der Waals surface area contributed by atoms with Crippen molar-refractivity contribution < 1.29 is 5.11 Å². The van der Waals surface area contributed by atoms with Crippen molar-refractivity contribution in [1.82, 2.24) is 4.98 Å². The Kier molecular flexibility index (Phi) is 3.79. The molecular weight excluding hydrogens is 354 g/mol. The van der Waals surface area contributed by atoms with Gasteiger partial charge in [-0.2, -0.15) is 0 Å². The predicted molar refractivity (Wildman–Crippen MR) is 72.8 cm³/mol. The lowest BCUT2D eigenvalue weighted by molar-refractivity contribution is 0.223. The zero-order valence-electron chi connectivity index (χ0n) is 8.45. The van der Waals surface area contributed by atoms with Gasteiger partial charge in [0, 0.05) is 27.3 Å². The summed E-state index contributed by atoms with van der Waals surface area (Å²) in [4.78, 5) is 4.94. The van der Waals surface area contributed by atoms with Crippen LogP contribution in [0.4, 0.5) is 0 Å². The molecule has 2 aromatic rings. The highest BCUT2D eigenvalue weighted by molar-refractivity contribution is 9.13. The van der Waals surface area contributed by atoms with Gasteiger partial charge in [0.1, 0.15) is 6.10 Å². The molecule has 2 nitrogen and oxygen atoms in total. The fourth-order valence-corrected chi connectivity index (χ4v) is 3.51. The molecule has 84 valence electrons. The lowest BCUT2D eigenvalue weighted by Gasteiger charge is -2.10. The van der Waals surface area contributed by atoms with Gasteiger partial charge in [0.2, 0.25) is 0 Å². The molecule has 0 spiro atoms. The molecular formula is C11H9Br2NOS. The highest BCUT2D eigenvalue weighted by Crippen LogP contribution is 2.37. The van der Waals surface area contributed by atoms with Crippen molar-refractivity contribution in [3.63, 3.8) is 0 Å². The summed E-state index contributed by atoms with van der Waals surface area (Å²) < 4.78 is 1.95. The first-order chi connectivity index (χ1) is 7.59. The summed E-state index contributed by atoms with van der Waals surface area (Å²) in [6.07, 6.45) is 2.83. The van der Waals surface area contributed by atoms with Crippen LogP contribution in [0.2, 0.25) is 0 Å². The van der Waals surface area contributed by atoms with Crippen molar-refractivity contribution in [2.45, 2.75) is 13.0 Å². The number of aliphatic hydroxyl groups is 1. The molecule has 16 heavy (non-hydrogen) atoms. The van der Waals surface area contributed by atoms with E-state index in [1.54, 1.807) is 12.4 Å². The van der Waals surface area contributed by atoms with Gasteiger partial charge in [0.05, 0.1) is 3.79 Å². The van der Waals surface area contributed by atoms with Crippen LogP contribution in [0.1, 0.15) is 22.1 Å². The molecule has 0 aliphatic rings. The van der Waals surface area contributed by atoms with Gasteiger partial charge in [-0.1, -0.05) is 0 Å². The van der Waals surface area contributed by atoms with E-state index in [-0.39, 0.29) is 0 Å². The SMILES string of the molecule is Cc1ccncc1C(O)c1cc(Br)c(Br)s1. The minimum absolute atomic E-state index is 0.610. The van der Waals surface area contributed by atoms with E-state index in [1.165, 1.54) is 11.3 Å². The number of pyridine rings is 1. The number of aryl methyl sites for hydroxylation is 1. The van der Waals surface area contributed by atoms with E-state index in [0.29, 0.717) is 0 Å². The van der Waals surface area contributed by atoms with Crippen LogP contribution in [0.5, 0.6) is 0 Å². The molecule has 0 fully saturated rings. The van der Waals surface area contributed by atoms with Gasteiger partial charge >= 0.3 is 0 Å². The quantitative estimate of drug-likeness (QED) is 0.873. The number of hydrogen-bond acceptors (Lipinski definition) is 3. The maximum atomic E-state index is 10.2. The first kappa shape index (κ1) is 12.2. The van der Waals surface area contributed by atoms with Gasteiger partial charge < -0.3 is 5.11 Å². The summed E-state index contributed by atoms with van der Waals surface area (Å²) in [5.41, 5.74) is 1.90. The van der Waals surface area contributed by atoms with E-state index in [2.05, 4.69) is 36.8 Å². The molecule has 0 saturated carbocycles. The zero-order valence-corrected chi connectivity index (χ0v) is 12.4. The van der Waals surface area contributed by atoms with Crippen LogP contribution < -0.4 is 0 Å². The molecule has 0 radical (unpaired) electrons. The van der Waals surface area contributed by atoms with Crippen LogP contribution in [0.15, 0.2) is 32.8 Å². The number of thiophene rings is 1. The Morgan fingerprint density at radius 1 is 1.44 bits per heavy atom. The normalized spacial score (nSPS) is 12.8. The smallest absolute Gasteiger partial charge is 0.115 e. The summed E-state index contributed by atoms with van der Waals surface area (Å²) >= 11 is 8.35. The van der Waals surface area contributed by atoms with Crippen LogP contribution in [0, 0.1) is 6.92 Å². The third-order valence-electron chi connectivity index (χ3n) is 2.31. The fourth-order valence-electron chi connectivity index (χ4n) is 1.41. The fraction of sp³-hybridized carbons (Fsp3) is 0.182. The van der Waals surface area contributed by atoms with E-state index >= 15 is 0 Å². The Morgan fingerprint density at radius 2 is 2.19 bits per heavy atom. The molecule has 0 saturated heterocycles. The number of nitrogens with zero attached hydrogens (tertiary/aromatic N) is 1. The van der Waals surface area contributed by atoms with Crippen LogP contribution in [0.25, 0.3) is 0 Å². The molecule has 2 heterocycles. The third-order valence-corrected chi connectivity index (χ3v) is 5.62. The lowest BCUT2D eigenvalue weighted by Crippen LogP contribution is -2.00. The summed E-state index contributed by atoms with van der Waals surface area (Å²) in [6.45, 7) is 1.97. The second-order valence-electron chi connectivity index (χ2n) is 3.41. The van der Waals surface area contributed by atoms with Crippen molar-refractivity contribution in [2.75, 3.05) is 0 Å². The molecule has 0 amide bonds. The summed E-state index contributed by atoms with van der Waals surface area (Å²) in [7, 11) is 0. The Labute approximate surface area is 115 Å². The maximum absolute atomic E-state index is 10.2. The standard InChI is InChI=1S/C11H9Br2NOS/c1-6-2-3-14-5-7(6)10(15)9-4-8(12)11(13)16-9/h2-5,10,15H,1H3. The maximum Gasteiger partial charge on any atom is 0.115 e. The summed E-state index contributed by atoms with van der Waals surface area (Å²) in [6, 6.07) is 3.82. The number of rotatable bonds is 2. The van der Waals surface area contributed by atoms with Crippen molar-refractivity contribution >= 4 is 43.2 Å². The number of aromatic nitrogens is 1. The highest BCUT2D eigenvalue weighted by Gasteiger charge is 2.16. The van der Waals surface area contributed by atoms with Crippen LogP contribution in [0.3, 0.4) is 0 Å². The van der Waals surface area contributed by atoms with Crippen LogP contribution in [-0.4, -0.2) is 10.1 Å². The largest absolute Gasteiger partial charge is 0.383 e. The van der Waals surface area contributed by atoms with Crippen molar-refractivity contribution in [1.29, 1.82) is 0 Å². The van der Waals surface area contributed by atoms with Gasteiger partial charge in [-0.05, 0) is 56.5 Å². The molecule has 0 aromatic carbocycles. The number of hydrogen-bond donors (Lipinski definition) is 1. The monoisotopic (exact) mass is 361 g/mol. The summed E-state index contributed by atoms with van der Waals surface area (Å²) in [5, 5.41) is 10.2. The van der Waals surface area contributed by atoms with Crippen LogP contribution >= 0.6 is 43.2 Å². The minimum Gasteiger partial charge on any atom is -0.383 e. The molecule has 1 N–H and O–H groups in total. The van der Waals surface area contributed by atoms with E-state index in [4.69, 9.17) is 0 Å². The topological polar surface area (TPSA) is 33.1 Å². The third kappa shape index (κ3) is 2.37. The van der Waals surface area contributed by atoms with Crippen molar-refractivity contribution in [3.05, 3.63) is 48.8 Å². The molecule has 1 atom stereocenters. The van der Waals surface area contributed by atoms with Crippen molar-refractivity contribution in [3.8, 4) is 0 Å². The van der Waals surface area contributed by atoms with Gasteiger partial charge in [0.25, 0.3) is 0 Å². The summed E-state index contributed by atoms with van der Waals surface area (Å²) in [5.74, 6) is 0. The predicted octanol–water partition coefficient (Wildman–Crippen LogP) is 4.06. The number of halogens is 2. The van der Waals surface area contributed by atoms with Crippen molar-refractivity contribution in [2.24, 2.45) is 0 Å². The average molecular weight is 363 g/mol. The second-order valence-corrected chi connectivity index (χ2v) is 6.66. The minimum atomic E-state index is -0.610. The Morgan fingerprint density at radius 3 is 2.75 bits per heavy atom. The van der Waals surface area contributed by atoms with Gasteiger partial charge in [0.15, 0.2) is 0 Å². The molecule has 0 aliphatic heterocycles.